The summed E-state index contributed by atoms with van der Waals surface area (Å²) in [5.41, 5.74) is 0. The standard InChI is InChI=1S/C5H12O5.H2O/c6-1-2-10-5(9)4(8)3-7;/h4-9H,1-3H2;1H2/t4-,5+;/m1./s1. The minimum absolute atomic E-state index is 0. The molecule has 0 aromatic heterocycles. The number of aliphatic hydroxyl groups excluding tert-OH is 4. The molecule has 0 aromatic carbocycles. The van der Waals surface area contributed by atoms with E-state index in [1.807, 2.05) is 0 Å². The zero-order chi connectivity index (χ0) is 7.98. The molecule has 6 nitrogen and oxygen atoms in total. The Morgan fingerprint density at radius 1 is 1.18 bits per heavy atom. The van der Waals surface area contributed by atoms with E-state index in [-0.39, 0.29) is 18.7 Å². The van der Waals surface area contributed by atoms with Gasteiger partial charge in [0.2, 0.25) is 0 Å². The predicted molar refractivity (Wildman–Crippen MR) is 35.8 cm³/mol. The van der Waals surface area contributed by atoms with Crippen LogP contribution in [0.5, 0.6) is 0 Å². The van der Waals surface area contributed by atoms with Gasteiger partial charge in [0, 0.05) is 0 Å². The van der Waals surface area contributed by atoms with E-state index in [0.29, 0.717) is 0 Å². The van der Waals surface area contributed by atoms with Crippen LogP contribution in [0.4, 0.5) is 0 Å². The molecule has 0 aliphatic rings. The van der Waals surface area contributed by atoms with Gasteiger partial charge in [0.05, 0.1) is 19.8 Å². The normalized spacial score (nSPS) is 15.3. The van der Waals surface area contributed by atoms with Gasteiger partial charge in [-0.2, -0.15) is 0 Å². The number of ether oxygens (including phenoxy) is 1. The Balaban J connectivity index is 0. The van der Waals surface area contributed by atoms with Gasteiger partial charge in [0.15, 0.2) is 6.29 Å². The molecule has 0 amide bonds. The fourth-order valence-corrected chi connectivity index (χ4v) is 0.375. The summed E-state index contributed by atoms with van der Waals surface area (Å²) in [4.78, 5) is 0. The first-order chi connectivity index (χ1) is 4.72. The minimum Gasteiger partial charge on any atom is -0.412 e. The number of hydrogen-bond donors (Lipinski definition) is 4. The molecule has 6 N–H and O–H groups in total. The highest BCUT2D eigenvalue weighted by atomic mass is 16.6. The first kappa shape index (κ1) is 13.4. The molecule has 0 radical (unpaired) electrons. The van der Waals surface area contributed by atoms with Crippen molar-refractivity contribution in [2.24, 2.45) is 0 Å². The average molecular weight is 170 g/mol. The van der Waals surface area contributed by atoms with Crippen LogP contribution in [0.2, 0.25) is 0 Å². The molecule has 0 spiro atoms. The third kappa shape index (κ3) is 6.17. The van der Waals surface area contributed by atoms with Crippen LogP contribution in [-0.2, 0) is 4.74 Å². The molecule has 0 saturated carbocycles. The van der Waals surface area contributed by atoms with E-state index in [1.54, 1.807) is 0 Å². The maximum absolute atomic E-state index is 8.71. The maximum Gasteiger partial charge on any atom is 0.183 e. The molecule has 0 aromatic rings. The van der Waals surface area contributed by atoms with Gasteiger partial charge in [-0.3, -0.25) is 0 Å². The van der Waals surface area contributed by atoms with Crippen molar-refractivity contribution in [2.45, 2.75) is 12.4 Å². The molecule has 0 heterocycles. The summed E-state index contributed by atoms with van der Waals surface area (Å²) < 4.78 is 4.44. The largest absolute Gasteiger partial charge is 0.412 e. The topological polar surface area (TPSA) is 122 Å². The van der Waals surface area contributed by atoms with Crippen LogP contribution in [0.15, 0.2) is 0 Å². The molecule has 6 heteroatoms. The van der Waals surface area contributed by atoms with E-state index in [0.717, 1.165) is 0 Å². The second-order valence-corrected chi connectivity index (χ2v) is 1.73. The molecular formula is C5H14O6. The molecule has 0 fully saturated rings. The summed E-state index contributed by atoms with van der Waals surface area (Å²) >= 11 is 0. The second kappa shape index (κ2) is 7.86. The van der Waals surface area contributed by atoms with Gasteiger partial charge in [-0.25, -0.2) is 0 Å². The third-order valence-corrected chi connectivity index (χ3v) is 0.896. The van der Waals surface area contributed by atoms with Crippen molar-refractivity contribution in [3.8, 4) is 0 Å². The molecule has 0 aliphatic carbocycles. The Hall–Kier alpha value is -0.240. The fourth-order valence-electron chi connectivity index (χ4n) is 0.375. The lowest BCUT2D eigenvalue weighted by molar-refractivity contribution is -0.174. The zero-order valence-corrected chi connectivity index (χ0v) is 5.97. The number of aliphatic hydroxyl groups is 4. The quantitative estimate of drug-likeness (QED) is 0.324. The molecule has 0 bridgehead atoms. The summed E-state index contributed by atoms with van der Waals surface area (Å²) in [5, 5.41) is 33.8. The lowest BCUT2D eigenvalue weighted by Gasteiger charge is -2.14. The van der Waals surface area contributed by atoms with E-state index in [1.165, 1.54) is 0 Å². The van der Waals surface area contributed by atoms with E-state index in [4.69, 9.17) is 20.4 Å². The van der Waals surface area contributed by atoms with Crippen LogP contribution in [0.25, 0.3) is 0 Å². The van der Waals surface area contributed by atoms with Gasteiger partial charge in [-0.15, -0.1) is 0 Å². The summed E-state index contributed by atoms with van der Waals surface area (Å²) in [6.07, 6.45) is -2.72. The van der Waals surface area contributed by atoms with E-state index in [2.05, 4.69) is 4.74 Å². The first-order valence-corrected chi connectivity index (χ1v) is 2.91. The van der Waals surface area contributed by atoms with Gasteiger partial charge in [-0.1, -0.05) is 0 Å². The predicted octanol–water partition coefficient (Wildman–Crippen LogP) is -3.16. The fraction of sp³-hybridized carbons (Fsp3) is 1.00. The maximum atomic E-state index is 8.71. The second-order valence-electron chi connectivity index (χ2n) is 1.73. The Bertz CT molecular complexity index is 77.4. The van der Waals surface area contributed by atoms with Crippen LogP contribution in [0.3, 0.4) is 0 Å². The van der Waals surface area contributed by atoms with E-state index < -0.39 is 19.0 Å². The molecule has 0 saturated heterocycles. The van der Waals surface area contributed by atoms with Crippen LogP contribution < -0.4 is 0 Å². The van der Waals surface area contributed by atoms with Crippen LogP contribution in [0.1, 0.15) is 0 Å². The Morgan fingerprint density at radius 2 is 1.73 bits per heavy atom. The molecular weight excluding hydrogens is 156 g/mol. The number of hydrogen-bond acceptors (Lipinski definition) is 5. The lowest BCUT2D eigenvalue weighted by Crippen LogP contribution is -2.32. The van der Waals surface area contributed by atoms with E-state index in [9.17, 15) is 0 Å². The summed E-state index contributed by atoms with van der Waals surface area (Å²) in [6.45, 7) is -0.847. The molecule has 70 valence electrons. The van der Waals surface area contributed by atoms with Crippen molar-refractivity contribution in [1.29, 1.82) is 0 Å². The van der Waals surface area contributed by atoms with Crippen molar-refractivity contribution < 1.29 is 30.6 Å². The number of rotatable bonds is 5. The first-order valence-electron chi connectivity index (χ1n) is 2.91. The van der Waals surface area contributed by atoms with Gasteiger partial charge in [0.25, 0.3) is 0 Å². The lowest BCUT2D eigenvalue weighted by atomic mass is 10.4. The summed E-state index contributed by atoms with van der Waals surface area (Å²) in [6, 6.07) is 0. The van der Waals surface area contributed by atoms with Crippen LogP contribution in [0, 0.1) is 0 Å². The van der Waals surface area contributed by atoms with Gasteiger partial charge < -0.3 is 30.6 Å². The zero-order valence-electron chi connectivity index (χ0n) is 5.97. The smallest absolute Gasteiger partial charge is 0.183 e. The average Bonchev–Trinajstić information content (AvgIpc) is 1.98. The Morgan fingerprint density at radius 3 is 2.09 bits per heavy atom. The van der Waals surface area contributed by atoms with Crippen molar-refractivity contribution in [1.82, 2.24) is 0 Å². The van der Waals surface area contributed by atoms with Crippen molar-refractivity contribution in [3.63, 3.8) is 0 Å². The van der Waals surface area contributed by atoms with Crippen molar-refractivity contribution >= 4 is 0 Å². The van der Waals surface area contributed by atoms with E-state index >= 15 is 0 Å². The van der Waals surface area contributed by atoms with Crippen LogP contribution >= 0.6 is 0 Å². The molecule has 0 unspecified atom stereocenters. The van der Waals surface area contributed by atoms with Crippen molar-refractivity contribution in [2.75, 3.05) is 19.8 Å². The SMILES string of the molecule is O.OCCO[C@H](O)[C@H](O)CO. The summed E-state index contributed by atoms with van der Waals surface area (Å²) in [7, 11) is 0. The third-order valence-electron chi connectivity index (χ3n) is 0.896. The highest BCUT2D eigenvalue weighted by Gasteiger charge is 2.14. The van der Waals surface area contributed by atoms with Crippen molar-refractivity contribution in [3.05, 3.63) is 0 Å². The van der Waals surface area contributed by atoms with Crippen LogP contribution in [-0.4, -0.2) is 58.1 Å². The molecule has 0 rings (SSSR count). The highest BCUT2D eigenvalue weighted by Crippen LogP contribution is 1.93. The molecule has 0 aliphatic heterocycles. The monoisotopic (exact) mass is 170 g/mol. The van der Waals surface area contributed by atoms with Gasteiger partial charge >= 0.3 is 0 Å². The summed E-state index contributed by atoms with van der Waals surface area (Å²) in [5.74, 6) is 0. The van der Waals surface area contributed by atoms with Gasteiger partial charge in [0.1, 0.15) is 6.10 Å². The Kier molecular flexibility index (Phi) is 9.55. The molecule has 11 heavy (non-hydrogen) atoms. The Labute approximate surface area is 64.0 Å². The van der Waals surface area contributed by atoms with Gasteiger partial charge in [-0.05, 0) is 0 Å². The highest BCUT2D eigenvalue weighted by molar-refractivity contribution is 4.54. The molecule has 2 atom stereocenters. The minimum atomic E-state index is -1.42.